The zero-order valence-corrected chi connectivity index (χ0v) is 19.2. The monoisotopic (exact) mass is 432 g/mol. The van der Waals surface area contributed by atoms with Gasteiger partial charge in [-0.1, -0.05) is 18.9 Å². The maximum absolute atomic E-state index is 13.2. The number of nitrogens with zero attached hydrogens (tertiary/aromatic N) is 3. The van der Waals surface area contributed by atoms with Crippen molar-refractivity contribution in [3.05, 3.63) is 40.7 Å². The van der Waals surface area contributed by atoms with Crippen LogP contribution in [0, 0.1) is 20.8 Å². The summed E-state index contributed by atoms with van der Waals surface area (Å²) in [6, 6.07) is 5.11. The molecule has 1 saturated heterocycles. The number of carbonyl (C=O) groups is 1. The molecule has 0 unspecified atom stereocenters. The normalized spacial score (nSPS) is 15.7. The number of nitrogens with one attached hydrogen (secondary N) is 1. The second-order valence-electron chi connectivity index (χ2n) is 8.12. The van der Waals surface area contributed by atoms with Gasteiger partial charge in [-0.05, 0) is 63.3 Å². The van der Waals surface area contributed by atoms with E-state index in [-0.39, 0.29) is 10.8 Å². The van der Waals surface area contributed by atoms with Crippen LogP contribution in [0.1, 0.15) is 54.6 Å². The number of hydrogen-bond acceptors (Lipinski definition) is 4. The molecule has 0 aliphatic carbocycles. The average molecular weight is 433 g/mol. The van der Waals surface area contributed by atoms with Crippen LogP contribution in [0.25, 0.3) is 0 Å². The van der Waals surface area contributed by atoms with E-state index in [0.29, 0.717) is 37.2 Å². The van der Waals surface area contributed by atoms with Gasteiger partial charge >= 0.3 is 0 Å². The Bertz CT molecular complexity index is 1020. The van der Waals surface area contributed by atoms with Crippen LogP contribution in [0.15, 0.2) is 23.1 Å². The summed E-state index contributed by atoms with van der Waals surface area (Å²) >= 11 is 0. The number of benzene rings is 1. The summed E-state index contributed by atoms with van der Waals surface area (Å²) in [6.45, 7) is 6.85. The molecule has 0 bridgehead atoms. The Kier molecular flexibility index (Phi) is 6.98. The van der Waals surface area contributed by atoms with Gasteiger partial charge in [-0.25, -0.2) is 8.42 Å². The van der Waals surface area contributed by atoms with Gasteiger partial charge in [0.05, 0.1) is 10.6 Å². The molecule has 1 aliphatic heterocycles. The van der Waals surface area contributed by atoms with E-state index in [9.17, 15) is 13.2 Å². The first kappa shape index (κ1) is 22.5. The van der Waals surface area contributed by atoms with Crippen LogP contribution in [0.5, 0.6) is 0 Å². The van der Waals surface area contributed by atoms with Gasteiger partial charge in [-0.3, -0.25) is 9.48 Å². The number of carbonyl (C=O) groups excluding carboxylic acids is 1. The molecule has 7 nitrogen and oxygen atoms in total. The molecule has 1 aromatic carbocycles. The standard InChI is InChI=1S/C22H32N4O3S/c1-16-9-10-19(15-21(16)30(28,29)26-13-7-5-6-8-14-26)23-22(27)12-11-20-17(2)24-25(4)18(20)3/h9-10,15H,5-8,11-14H2,1-4H3,(H,23,27). The van der Waals surface area contributed by atoms with E-state index in [1.54, 1.807) is 29.4 Å². The Morgan fingerprint density at radius 2 is 1.77 bits per heavy atom. The van der Waals surface area contributed by atoms with Crippen molar-refractivity contribution >= 4 is 21.6 Å². The second kappa shape index (κ2) is 9.31. The summed E-state index contributed by atoms with van der Waals surface area (Å²) in [5, 5.41) is 7.25. The van der Waals surface area contributed by atoms with Crippen molar-refractivity contribution in [1.82, 2.24) is 14.1 Å². The average Bonchev–Trinajstić information content (AvgIpc) is 2.89. The van der Waals surface area contributed by atoms with Gasteiger partial charge < -0.3 is 5.32 Å². The fourth-order valence-electron chi connectivity index (χ4n) is 4.02. The minimum absolute atomic E-state index is 0.139. The summed E-state index contributed by atoms with van der Waals surface area (Å²) in [7, 11) is -1.67. The van der Waals surface area contributed by atoms with Crippen LogP contribution in [0.3, 0.4) is 0 Å². The lowest BCUT2D eigenvalue weighted by Gasteiger charge is -2.21. The van der Waals surface area contributed by atoms with E-state index in [2.05, 4.69) is 10.4 Å². The smallest absolute Gasteiger partial charge is 0.243 e. The largest absolute Gasteiger partial charge is 0.326 e. The highest BCUT2D eigenvalue weighted by Gasteiger charge is 2.27. The molecule has 1 fully saturated rings. The van der Waals surface area contributed by atoms with Gasteiger partial charge in [0.25, 0.3) is 0 Å². The Balaban J connectivity index is 1.72. The molecule has 2 aromatic rings. The van der Waals surface area contributed by atoms with E-state index in [1.165, 1.54) is 0 Å². The lowest BCUT2D eigenvalue weighted by molar-refractivity contribution is -0.116. The lowest BCUT2D eigenvalue weighted by atomic mass is 10.1. The fraction of sp³-hybridized carbons (Fsp3) is 0.545. The number of hydrogen-bond donors (Lipinski definition) is 1. The third-order valence-electron chi connectivity index (χ3n) is 5.92. The van der Waals surface area contributed by atoms with Gasteiger partial charge in [0.15, 0.2) is 0 Å². The Morgan fingerprint density at radius 1 is 1.10 bits per heavy atom. The maximum atomic E-state index is 13.2. The highest BCUT2D eigenvalue weighted by atomic mass is 32.2. The molecule has 1 aromatic heterocycles. The predicted molar refractivity (Wildman–Crippen MR) is 118 cm³/mol. The number of aromatic nitrogens is 2. The van der Waals surface area contributed by atoms with E-state index >= 15 is 0 Å². The highest BCUT2D eigenvalue weighted by Crippen LogP contribution is 2.26. The third-order valence-corrected chi connectivity index (χ3v) is 7.96. The van der Waals surface area contributed by atoms with E-state index in [4.69, 9.17) is 0 Å². The van der Waals surface area contributed by atoms with Crippen molar-refractivity contribution in [3.8, 4) is 0 Å². The predicted octanol–water partition coefficient (Wildman–Crippen LogP) is 3.48. The first-order chi connectivity index (χ1) is 14.2. The van der Waals surface area contributed by atoms with Gasteiger partial charge in [0, 0.05) is 37.9 Å². The van der Waals surface area contributed by atoms with Crippen molar-refractivity contribution in [2.24, 2.45) is 7.05 Å². The van der Waals surface area contributed by atoms with Gasteiger partial charge in [-0.15, -0.1) is 0 Å². The van der Waals surface area contributed by atoms with Crippen LogP contribution >= 0.6 is 0 Å². The second-order valence-corrected chi connectivity index (χ2v) is 10.0. The number of anilines is 1. The molecule has 0 saturated carbocycles. The molecule has 0 radical (unpaired) electrons. The molecular weight excluding hydrogens is 400 g/mol. The summed E-state index contributed by atoms with van der Waals surface area (Å²) in [6.07, 6.45) is 4.83. The van der Waals surface area contributed by atoms with E-state index in [0.717, 1.165) is 42.6 Å². The Morgan fingerprint density at radius 3 is 2.37 bits per heavy atom. The topological polar surface area (TPSA) is 84.3 Å². The third kappa shape index (κ3) is 4.92. The van der Waals surface area contributed by atoms with Crippen molar-refractivity contribution in [2.45, 2.75) is 64.2 Å². The summed E-state index contributed by atoms with van der Waals surface area (Å²) in [5.41, 5.74) is 4.28. The molecule has 0 atom stereocenters. The van der Waals surface area contributed by atoms with E-state index in [1.807, 2.05) is 25.6 Å². The highest BCUT2D eigenvalue weighted by molar-refractivity contribution is 7.89. The Labute approximate surface area is 179 Å². The van der Waals surface area contributed by atoms with Gasteiger partial charge in [-0.2, -0.15) is 9.40 Å². The minimum Gasteiger partial charge on any atom is -0.326 e. The van der Waals surface area contributed by atoms with Gasteiger partial charge in [0.2, 0.25) is 15.9 Å². The molecule has 3 rings (SSSR count). The summed E-state index contributed by atoms with van der Waals surface area (Å²) in [5.74, 6) is -0.139. The van der Waals surface area contributed by atoms with Crippen molar-refractivity contribution < 1.29 is 13.2 Å². The molecule has 164 valence electrons. The SMILES string of the molecule is Cc1ccc(NC(=O)CCc2c(C)nn(C)c2C)cc1S(=O)(=O)N1CCCCCC1. The lowest BCUT2D eigenvalue weighted by Crippen LogP contribution is -2.32. The number of amides is 1. The number of sulfonamides is 1. The molecule has 8 heteroatoms. The summed E-state index contributed by atoms with van der Waals surface area (Å²) in [4.78, 5) is 12.8. The van der Waals surface area contributed by atoms with Crippen LogP contribution in [-0.4, -0.2) is 41.5 Å². The van der Waals surface area contributed by atoms with Crippen LogP contribution in [0.2, 0.25) is 0 Å². The quantitative estimate of drug-likeness (QED) is 0.757. The minimum atomic E-state index is -3.57. The zero-order valence-electron chi connectivity index (χ0n) is 18.4. The number of rotatable bonds is 6. The molecule has 1 amide bonds. The van der Waals surface area contributed by atoms with E-state index < -0.39 is 10.0 Å². The molecule has 0 spiro atoms. The van der Waals surface area contributed by atoms with Crippen molar-refractivity contribution in [2.75, 3.05) is 18.4 Å². The van der Waals surface area contributed by atoms with Gasteiger partial charge in [0.1, 0.15) is 0 Å². The molecular formula is C22H32N4O3S. The number of aryl methyl sites for hydroxylation is 3. The molecule has 30 heavy (non-hydrogen) atoms. The Hall–Kier alpha value is -2.19. The molecule has 1 N–H and O–H groups in total. The molecule has 1 aliphatic rings. The van der Waals surface area contributed by atoms with Crippen molar-refractivity contribution in [1.29, 1.82) is 0 Å². The van der Waals surface area contributed by atoms with Crippen LogP contribution < -0.4 is 5.32 Å². The first-order valence-corrected chi connectivity index (χ1v) is 12.0. The van der Waals surface area contributed by atoms with Crippen LogP contribution in [-0.2, 0) is 28.3 Å². The maximum Gasteiger partial charge on any atom is 0.243 e. The fourth-order valence-corrected chi connectivity index (χ4v) is 5.79. The van der Waals surface area contributed by atoms with Crippen molar-refractivity contribution in [3.63, 3.8) is 0 Å². The van der Waals surface area contributed by atoms with Crippen LogP contribution in [0.4, 0.5) is 5.69 Å². The molecule has 2 heterocycles. The first-order valence-electron chi connectivity index (χ1n) is 10.6. The zero-order chi connectivity index (χ0) is 21.9. The summed E-state index contributed by atoms with van der Waals surface area (Å²) < 4.78 is 29.8.